The van der Waals surface area contributed by atoms with Gasteiger partial charge in [-0.3, -0.25) is 0 Å². The van der Waals surface area contributed by atoms with Crippen LogP contribution >= 0.6 is 23.2 Å². The van der Waals surface area contributed by atoms with Crippen molar-refractivity contribution >= 4 is 66.8 Å². The second kappa shape index (κ2) is 28.4. The molecule has 458 valence electrons. The molecule has 0 saturated heterocycles. The first kappa shape index (κ1) is 65.5. The SMILES string of the molecule is CCCc1nc(C(C)(C)O)c(C(=O)OCc2oc(=O)oc2C)n1Cc1ccc(-c2ccccc2-c2nn[nH]n2)cc1.CCOC(=O)C1=C(COCCN)NC(C)=C(C(=O)OC)C1c1ccccc1Cl.NS(=O)(=O)c1cc2c(cc1Cl)NCNS2(=O)=O. The molecular weight excluding hydrogens is 1200 g/mol. The molecule has 0 fully saturated rings. The molecule has 1 unspecified atom stereocenters. The summed E-state index contributed by atoms with van der Waals surface area (Å²) in [7, 11) is -6.51. The first-order valence-electron chi connectivity index (χ1n) is 26.4. The van der Waals surface area contributed by atoms with Crippen LogP contribution in [0.15, 0.2) is 131 Å². The van der Waals surface area contributed by atoms with Gasteiger partial charge in [0.05, 0.1) is 67.1 Å². The topological polar surface area (TPSA) is 380 Å². The highest BCUT2D eigenvalue weighted by molar-refractivity contribution is 7.90. The van der Waals surface area contributed by atoms with Crippen LogP contribution in [0, 0.1) is 6.92 Å². The van der Waals surface area contributed by atoms with E-state index in [2.05, 4.69) is 41.0 Å². The number of imidazole rings is 1. The lowest BCUT2D eigenvalue weighted by Gasteiger charge is -2.31. The number of hydrogen-bond acceptors (Lipinski definition) is 22. The number of nitrogens with one attached hydrogen (secondary N) is 4. The summed E-state index contributed by atoms with van der Waals surface area (Å²) in [5, 5.41) is 36.4. The van der Waals surface area contributed by atoms with E-state index < -0.39 is 60.2 Å². The highest BCUT2D eigenvalue weighted by Gasteiger charge is 2.40. The second-order valence-corrected chi connectivity index (χ2v) is 23.6. The number of allylic oxidation sites excluding steroid dienone is 1. The van der Waals surface area contributed by atoms with E-state index in [9.17, 15) is 41.1 Å². The second-order valence-electron chi connectivity index (χ2n) is 19.5. The summed E-state index contributed by atoms with van der Waals surface area (Å²) >= 11 is 12.1. The smallest absolute Gasteiger partial charge is 0.466 e. The Morgan fingerprint density at radius 2 is 1.60 bits per heavy atom. The van der Waals surface area contributed by atoms with Crippen molar-refractivity contribution in [1.29, 1.82) is 0 Å². The van der Waals surface area contributed by atoms with Crippen molar-refractivity contribution in [3.05, 3.63) is 168 Å². The van der Waals surface area contributed by atoms with Crippen LogP contribution < -0.4 is 32.1 Å². The van der Waals surface area contributed by atoms with E-state index in [-0.39, 0.29) is 70.6 Å². The summed E-state index contributed by atoms with van der Waals surface area (Å²) in [6.07, 6.45) is 1.37. The van der Waals surface area contributed by atoms with Gasteiger partial charge in [0, 0.05) is 35.8 Å². The molecule has 4 aromatic carbocycles. The van der Waals surface area contributed by atoms with Gasteiger partial charge in [-0.1, -0.05) is 96.9 Å². The van der Waals surface area contributed by atoms with Gasteiger partial charge in [-0.15, -0.1) is 10.2 Å². The molecule has 30 heteroatoms. The van der Waals surface area contributed by atoms with Crippen molar-refractivity contribution in [2.45, 2.75) is 88.8 Å². The molecule has 0 aliphatic carbocycles. The molecule has 26 nitrogen and oxygen atoms in total. The number of halogens is 2. The molecule has 2 aliphatic heterocycles. The van der Waals surface area contributed by atoms with Crippen LogP contribution in [0.4, 0.5) is 5.69 Å². The van der Waals surface area contributed by atoms with Gasteiger partial charge >= 0.3 is 23.7 Å². The summed E-state index contributed by atoms with van der Waals surface area (Å²) in [5.41, 5.74) is 10.5. The van der Waals surface area contributed by atoms with Crippen molar-refractivity contribution in [1.82, 2.24) is 40.2 Å². The molecule has 9 rings (SSSR count). The zero-order chi connectivity index (χ0) is 62.7. The van der Waals surface area contributed by atoms with Gasteiger partial charge in [0.15, 0.2) is 23.8 Å². The Morgan fingerprint density at radius 3 is 2.21 bits per heavy atom. The molecule has 0 bridgehead atoms. The average molecular weight is 1270 g/mol. The van der Waals surface area contributed by atoms with Crippen LogP contribution in [-0.4, -0.2) is 110 Å². The van der Waals surface area contributed by atoms with Crippen LogP contribution in [0.5, 0.6) is 0 Å². The van der Waals surface area contributed by atoms with E-state index in [4.69, 9.17) is 61.9 Å². The summed E-state index contributed by atoms with van der Waals surface area (Å²) < 4.78 is 80.8. The average Bonchev–Trinajstić information content (AvgIpc) is 3.97. The zero-order valence-corrected chi connectivity index (χ0v) is 50.8. The normalized spacial score (nSPS) is 14.6. The summed E-state index contributed by atoms with van der Waals surface area (Å²) in [5.74, 6) is -1.95. The highest BCUT2D eigenvalue weighted by atomic mass is 35.5. The Bertz CT molecular complexity index is 3970. The third kappa shape index (κ3) is 15.5. The number of aliphatic hydroxyl groups is 1. The van der Waals surface area contributed by atoms with E-state index in [0.717, 1.165) is 34.7 Å². The number of sulfonamides is 2. The first-order valence-corrected chi connectivity index (χ1v) is 30.2. The number of aryl methyl sites for hydroxylation is 2. The number of benzene rings is 4. The van der Waals surface area contributed by atoms with E-state index in [1.807, 2.05) is 55.5 Å². The number of primary sulfonamides is 1. The number of H-pyrrole nitrogens is 1. The van der Waals surface area contributed by atoms with Gasteiger partial charge in [-0.05, 0) is 86.7 Å². The van der Waals surface area contributed by atoms with Gasteiger partial charge in [-0.25, -0.2) is 46.1 Å². The number of aromatic nitrogens is 6. The Morgan fingerprint density at radius 1 is 0.907 bits per heavy atom. The number of carbonyl (C=O) groups excluding carboxylic acids is 3. The number of hydrogen-bond donors (Lipinski definition) is 7. The third-order valence-corrected chi connectivity index (χ3v) is 16.2. The van der Waals surface area contributed by atoms with Gasteiger partial charge < -0.3 is 53.8 Å². The predicted octanol–water partition coefficient (Wildman–Crippen LogP) is 6.09. The molecule has 9 N–H and O–H groups in total. The van der Waals surface area contributed by atoms with Crippen molar-refractivity contribution in [2.24, 2.45) is 10.9 Å². The predicted molar refractivity (Wildman–Crippen MR) is 314 cm³/mol. The quantitative estimate of drug-likeness (QED) is 0.0274. The number of carbonyl (C=O) groups is 3. The number of ether oxygens (including phenoxy) is 4. The molecule has 1 atom stereocenters. The number of nitrogens with two attached hydrogens (primary N) is 2. The third-order valence-electron chi connectivity index (χ3n) is 13.0. The molecule has 3 aromatic heterocycles. The molecule has 86 heavy (non-hydrogen) atoms. The molecule has 0 radical (unpaired) electrons. The Kier molecular flexibility index (Phi) is 21.6. The van der Waals surface area contributed by atoms with Gasteiger partial charge in [0.1, 0.15) is 26.9 Å². The fourth-order valence-corrected chi connectivity index (χ4v) is 11.7. The van der Waals surface area contributed by atoms with Crippen LogP contribution in [0.25, 0.3) is 22.5 Å². The molecule has 5 heterocycles. The standard InChI is InChI=1S/C29H30N6O6.C20H25ClN2O5.C7H8ClN3O4S2/c1-5-8-23-30-25(29(3,4)38)24(27(36)39-16-22-17(2)40-28(37)41-22)35(23)15-18-11-13-19(14-12-18)20-9-6-7-10-21(20)26-31-33-34-32-26;1-4-28-20(25)18-15(11-27-10-9-22)23-12(2)16(19(24)26-3)17(18)13-7-5-6-8-14(13)21;8-4-1-5-7(2-6(4)16(9,12)13)17(14,15)11-3-10-5/h6-7,9-14,38H,5,8,15-16H2,1-4H3,(H,31,32,33,34);5-8,17,23H,4,9-11,22H2,1-3H3;1-2,10-11H,3H2,(H2,9,12,13). The molecule has 2 aliphatic rings. The van der Waals surface area contributed by atoms with Crippen LogP contribution in [0.1, 0.15) is 91.6 Å². The van der Waals surface area contributed by atoms with Gasteiger partial charge in [-0.2, -0.15) is 9.94 Å². The molecule has 0 spiro atoms. The Balaban J connectivity index is 0.000000202. The molecular formula is C56H63Cl2N11O15S2. The molecule has 0 amide bonds. The number of methoxy groups -OCH3 is 1. The summed E-state index contributed by atoms with van der Waals surface area (Å²) in [6.45, 7) is 11.1. The van der Waals surface area contributed by atoms with Crippen molar-refractivity contribution in [3.63, 3.8) is 0 Å². The maximum Gasteiger partial charge on any atom is 0.519 e. The zero-order valence-electron chi connectivity index (χ0n) is 47.7. The number of fused-ring (bicyclic) bond motifs is 1. The minimum absolute atomic E-state index is 0.0143. The number of anilines is 1. The fourth-order valence-electron chi connectivity index (χ4n) is 9.14. The monoisotopic (exact) mass is 1260 g/mol. The van der Waals surface area contributed by atoms with E-state index >= 15 is 0 Å². The van der Waals surface area contributed by atoms with Crippen LogP contribution in [-0.2, 0) is 73.8 Å². The molecule has 7 aromatic rings. The van der Waals surface area contributed by atoms with Crippen molar-refractivity contribution in [3.8, 4) is 22.5 Å². The maximum absolute atomic E-state index is 13.5. The number of rotatable bonds is 19. The van der Waals surface area contributed by atoms with Crippen LogP contribution in [0.2, 0.25) is 10.0 Å². The number of nitrogens with zero attached hydrogens (tertiary/aromatic N) is 5. The highest BCUT2D eigenvalue weighted by Crippen LogP contribution is 2.42. The lowest BCUT2D eigenvalue weighted by molar-refractivity contribution is -0.139. The Labute approximate surface area is 504 Å². The van der Waals surface area contributed by atoms with Crippen LogP contribution in [0.3, 0.4) is 0 Å². The van der Waals surface area contributed by atoms with E-state index in [1.165, 1.54) is 13.2 Å². The largest absolute Gasteiger partial charge is 0.519 e. The summed E-state index contributed by atoms with van der Waals surface area (Å²) in [4.78, 5) is 54.4. The minimum Gasteiger partial charge on any atom is -0.466 e. The summed E-state index contributed by atoms with van der Waals surface area (Å²) in [6, 6.07) is 24.9. The lowest BCUT2D eigenvalue weighted by atomic mass is 9.80. The fraction of sp³-hybridized carbons (Fsp3) is 0.321. The van der Waals surface area contributed by atoms with E-state index in [1.54, 1.807) is 63.5 Å². The number of tetrazole rings is 1. The number of aromatic amines is 1. The number of esters is 3. The first-order chi connectivity index (χ1) is 40.8. The Hall–Kier alpha value is -8.06. The molecule has 0 saturated carbocycles. The number of dihydropyridines is 1. The van der Waals surface area contributed by atoms with Gasteiger partial charge in [0.25, 0.3) is 0 Å². The lowest BCUT2D eigenvalue weighted by Crippen LogP contribution is -2.35. The van der Waals surface area contributed by atoms with Crippen molar-refractivity contribution in [2.75, 3.05) is 45.5 Å². The van der Waals surface area contributed by atoms with Crippen molar-refractivity contribution < 1.29 is 64.1 Å². The maximum atomic E-state index is 13.5. The van der Waals surface area contributed by atoms with Gasteiger partial charge in [0.2, 0.25) is 25.9 Å². The minimum atomic E-state index is -4.07. The van der Waals surface area contributed by atoms with E-state index in [0.29, 0.717) is 65.3 Å².